The molecule has 9 nitrogen and oxygen atoms in total. The van der Waals surface area contributed by atoms with Gasteiger partial charge in [-0.2, -0.15) is 15.2 Å². The zero-order chi connectivity index (χ0) is 33.2. The number of nitriles is 1. The topological polar surface area (TPSA) is 110 Å². The SMILES string of the molecule is C=C(N)Sc1c(F)ccc(-c2c(Cl)c3c4c(nc(OC[C@@]56CCCN5C[C@H](F)C6)nc4c2F)N2CC(F)(F)COCC2CO3)c1C#N. The number of ether oxygens (including phenoxy) is 3. The van der Waals surface area contributed by atoms with Crippen LogP contribution in [0.3, 0.4) is 0 Å². The molecule has 2 N–H and O–H groups in total. The molecule has 3 aromatic rings. The van der Waals surface area contributed by atoms with E-state index in [0.29, 0.717) is 24.7 Å². The van der Waals surface area contributed by atoms with Crippen LogP contribution < -0.4 is 20.1 Å². The Kier molecular flexibility index (Phi) is 8.05. The van der Waals surface area contributed by atoms with E-state index in [4.69, 9.17) is 31.5 Å². The molecular formula is C31H28ClF5N6O3S. The number of halogens is 6. The average Bonchev–Trinajstić information content (AvgIpc) is 3.43. The van der Waals surface area contributed by atoms with Crippen molar-refractivity contribution in [1.29, 1.82) is 5.26 Å². The Morgan fingerprint density at radius 1 is 1.28 bits per heavy atom. The van der Waals surface area contributed by atoms with Crippen molar-refractivity contribution in [3.05, 3.63) is 46.0 Å². The van der Waals surface area contributed by atoms with Crippen LogP contribution in [0.5, 0.6) is 11.8 Å². The van der Waals surface area contributed by atoms with Gasteiger partial charge in [-0.25, -0.2) is 22.0 Å². The number of fused-ring (bicyclic) bond motifs is 3. The largest absolute Gasteiger partial charge is 0.489 e. The second-order valence-electron chi connectivity index (χ2n) is 12.2. The van der Waals surface area contributed by atoms with Crippen LogP contribution in [0.4, 0.5) is 27.8 Å². The summed E-state index contributed by atoms with van der Waals surface area (Å²) in [7, 11) is 0. The molecule has 1 aromatic heterocycles. The van der Waals surface area contributed by atoms with Gasteiger partial charge in [0.1, 0.15) is 49.2 Å². The van der Waals surface area contributed by atoms with E-state index >= 15 is 4.39 Å². The highest BCUT2D eigenvalue weighted by Gasteiger charge is 2.50. The highest BCUT2D eigenvalue weighted by atomic mass is 35.5. The summed E-state index contributed by atoms with van der Waals surface area (Å²) in [6, 6.07) is 3.03. The quantitative estimate of drug-likeness (QED) is 0.251. The molecule has 1 unspecified atom stereocenters. The zero-order valence-corrected chi connectivity index (χ0v) is 26.4. The van der Waals surface area contributed by atoms with E-state index in [-0.39, 0.29) is 92.9 Å². The van der Waals surface area contributed by atoms with Crippen LogP contribution in [0.15, 0.2) is 28.6 Å². The monoisotopic (exact) mass is 694 g/mol. The maximum Gasteiger partial charge on any atom is 0.319 e. The number of benzene rings is 2. The van der Waals surface area contributed by atoms with Crippen LogP contribution in [-0.4, -0.2) is 84.6 Å². The minimum absolute atomic E-state index is 0.00735. The third-order valence-electron chi connectivity index (χ3n) is 9.06. The molecule has 2 aromatic carbocycles. The Balaban J connectivity index is 1.44. The van der Waals surface area contributed by atoms with E-state index in [1.54, 1.807) is 0 Å². The number of anilines is 1. The number of hydrogen-bond acceptors (Lipinski definition) is 10. The number of hydrogen-bond donors (Lipinski definition) is 1. The van der Waals surface area contributed by atoms with Crippen LogP contribution in [0, 0.1) is 23.0 Å². The predicted molar refractivity (Wildman–Crippen MR) is 165 cm³/mol. The Bertz CT molecular complexity index is 1850. The summed E-state index contributed by atoms with van der Waals surface area (Å²) < 4.78 is 93.6. The lowest BCUT2D eigenvalue weighted by atomic mass is 9.95. The van der Waals surface area contributed by atoms with Crippen molar-refractivity contribution in [2.45, 2.75) is 47.8 Å². The van der Waals surface area contributed by atoms with Gasteiger partial charge in [-0.1, -0.05) is 29.9 Å². The smallest absolute Gasteiger partial charge is 0.319 e. The van der Waals surface area contributed by atoms with Crippen molar-refractivity contribution in [1.82, 2.24) is 14.9 Å². The van der Waals surface area contributed by atoms with Gasteiger partial charge in [0.15, 0.2) is 11.6 Å². The van der Waals surface area contributed by atoms with E-state index < -0.39 is 48.5 Å². The number of alkyl halides is 3. The van der Waals surface area contributed by atoms with Crippen LogP contribution in [0.25, 0.3) is 22.0 Å². The minimum atomic E-state index is -3.29. The van der Waals surface area contributed by atoms with Crippen molar-refractivity contribution >= 4 is 40.1 Å². The molecule has 16 heteroatoms. The highest BCUT2D eigenvalue weighted by molar-refractivity contribution is 8.03. The van der Waals surface area contributed by atoms with Crippen molar-refractivity contribution in [3.8, 4) is 29.0 Å². The third-order valence-corrected chi connectivity index (χ3v) is 10.3. The summed E-state index contributed by atoms with van der Waals surface area (Å²) >= 11 is 7.53. The molecule has 7 rings (SSSR count). The molecule has 47 heavy (non-hydrogen) atoms. The first-order valence-electron chi connectivity index (χ1n) is 14.9. The van der Waals surface area contributed by atoms with E-state index in [1.165, 1.54) is 11.0 Å². The Labute approximate surface area is 275 Å². The predicted octanol–water partition coefficient (Wildman–Crippen LogP) is 5.81. The van der Waals surface area contributed by atoms with Gasteiger partial charge in [0, 0.05) is 24.1 Å². The van der Waals surface area contributed by atoms with Gasteiger partial charge in [0.05, 0.1) is 50.6 Å². The fraction of sp³-hybridized carbons (Fsp3) is 0.452. The maximum atomic E-state index is 16.9. The second kappa shape index (κ2) is 11.8. The van der Waals surface area contributed by atoms with E-state index in [2.05, 4.69) is 16.5 Å². The molecule has 4 aliphatic rings. The lowest BCUT2D eigenvalue weighted by Gasteiger charge is -2.32. The van der Waals surface area contributed by atoms with Crippen molar-refractivity contribution in [3.63, 3.8) is 0 Å². The first-order valence-corrected chi connectivity index (χ1v) is 16.1. The summed E-state index contributed by atoms with van der Waals surface area (Å²) in [4.78, 5) is 12.0. The summed E-state index contributed by atoms with van der Waals surface area (Å²) in [5.41, 5.74) is 4.03. The lowest BCUT2D eigenvalue weighted by molar-refractivity contribution is -0.0578. The Hall–Kier alpha value is -3.58. The molecule has 5 heterocycles. The fourth-order valence-electron chi connectivity index (χ4n) is 7.06. The van der Waals surface area contributed by atoms with Crippen molar-refractivity contribution < 1.29 is 36.2 Å². The van der Waals surface area contributed by atoms with Gasteiger partial charge in [0.2, 0.25) is 0 Å². The van der Waals surface area contributed by atoms with Gasteiger partial charge in [0.25, 0.3) is 5.92 Å². The molecular weight excluding hydrogens is 667 g/mol. The number of nitrogens with two attached hydrogens (primary N) is 1. The lowest BCUT2D eigenvalue weighted by Crippen LogP contribution is -2.45. The Morgan fingerprint density at radius 2 is 2.09 bits per heavy atom. The average molecular weight is 695 g/mol. The van der Waals surface area contributed by atoms with E-state index in [9.17, 15) is 22.8 Å². The molecule has 0 spiro atoms. The van der Waals surface area contributed by atoms with Gasteiger partial charge in [-0.05, 0) is 31.5 Å². The van der Waals surface area contributed by atoms with Gasteiger partial charge < -0.3 is 24.8 Å². The van der Waals surface area contributed by atoms with Crippen molar-refractivity contribution in [2.24, 2.45) is 5.73 Å². The highest BCUT2D eigenvalue weighted by Crippen LogP contribution is 2.50. The Morgan fingerprint density at radius 3 is 2.85 bits per heavy atom. The molecule has 0 saturated carbocycles. The minimum Gasteiger partial charge on any atom is -0.489 e. The molecule has 248 valence electrons. The van der Waals surface area contributed by atoms with E-state index in [0.717, 1.165) is 12.5 Å². The van der Waals surface area contributed by atoms with Crippen LogP contribution in [-0.2, 0) is 4.74 Å². The normalized spacial score (nSPS) is 25.0. The molecule has 0 aliphatic carbocycles. The zero-order valence-electron chi connectivity index (χ0n) is 24.8. The van der Waals surface area contributed by atoms with Crippen LogP contribution >= 0.6 is 23.4 Å². The molecule has 3 atom stereocenters. The maximum absolute atomic E-state index is 16.9. The first kappa shape index (κ1) is 32.0. The first-order chi connectivity index (χ1) is 22.4. The molecule has 3 fully saturated rings. The number of aromatic nitrogens is 2. The van der Waals surface area contributed by atoms with Crippen LogP contribution in [0.2, 0.25) is 5.02 Å². The molecule has 0 amide bonds. The second-order valence-corrected chi connectivity index (χ2v) is 13.7. The summed E-state index contributed by atoms with van der Waals surface area (Å²) in [5.74, 6) is -5.34. The van der Waals surface area contributed by atoms with Crippen molar-refractivity contribution in [2.75, 3.05) is 51.0 Å². The number of nitrogens with zero attached hydrogens (tertiary/aromatic N) is 5. The standard InChI is InChI=1S/C31H28ClF5N6O3S/c1-15(39)47-27-19(8-38)18(3-4-20(27)34)21-23(32)26-22-25(24(21)35)40-29(46-13-30-5-2-6-42(30)9-16(33)7-30)41-28(22)43-12-31(36,37)14-44-10-17(43)11-45-26/h3-4,16-17H,1-2,5-7,9-14,39H2/t16-,17?,30+/m1/s1. The van der Waals surface area contributed by atoms with Gasteiger partial charge in [-0.15, -0.1) is 0 Å². The van der Waals surface area contributed by atoms with Gasteiger partial charge in [-0.3, -0.25) is 4.90 Å². The number of thioether (sulfide) groups is 1. The van der Waals surface area contributed by atoms with Crippen LogP contribution in [0.1, 0.15) is 24.8 Å². The molecule has 3 saturated heterocycles. The molecule has 0 radical (unpaired) electrons. The fourth-order valence-corrected chi connectivity index (χ4v) is 8.08. The van der Waals surface area contributed by atoms with E-state index in [1.807, 2.05) is 11.0 Å². The number of rotatable bonds is 6. The summed E-state index contributed by atoms with van der Waals surface area (Å²) in [6.07, 6.45) is 0.731. The van der Waals surface area contributed by atoms with Gasteiger partial charge >= 0.3 is 6.01 Å². The summed E-state index contributed by atoms with van der Waals surface area (Å²) in [5, 5.41) is 9.69. The third kappa shape index (κ3) is 5.48. The summed E-state index contributed by atoms with van der Waals surface area (Å²) in [6.45, 7) is 2.50. The molecule has 4 aliphatic heterocycles. The molecule has 0 bridgehead atoms.